The van der Waals surface area contributed by atoms with Crippen LogP contribution in [0.4, 0.5) is 10.5 Å². The first-order valence-corrected chi connectivity index (χ1v) is 10.2. The summed E-state index contributed by atoms with van der Waals surface area (Å²) in [6, 6.07) is 7.54. The number of hydrogen-bond acceptors (Lipinski definition) is 4. The summed E-state index contributed by atoms with van der Waals surface area (Å²) >= 11 is 0. The first kappa shape index (κ1) is 22.5. The molecule has 0 radical (unpaired) electrons. The Labute approximate surface area is 173 Å². The molecule has 160 valence electrons. The highest BCUT2D eigenvalue weighted by Gasteiger charge is 2.28. The molecule has 1 aliphatic rings. The molecule has 1 aromatic carbocycles. The number of esters is 1. The number of benzene rings is 1. The number of urea groups is 1. The Balaban J connectivity index is 1.87. The number of anilines is 1. The van der Waals surface area contributed by atoms with Crippen molar-refractivity contribution in [3.8, 4) is 0 Å². The van der Waals surface area contributed by atoms with Gasteiger partial charge in [0.15, 0.2) is 5.96 Å². The number of ether oxygens (including phenoxy) is 1. The fourth-order valence-corrected chi connectivity index (χ4v) is 3.27. The van der Waals surface area contributed by atoms with E-state index in [9.17, 15) is 9.59 Å². The lowest BCUT2D eigenvalue weighted by atomic mass is 9.98. The first-order chi connectivity index (χ1) is 13.9. The van der Waals surface area contributed by atoms with E-state index in [-0.39, 0.29) is 24.0 Å². The van der Waals surface area contributed by atoms with Crippen LogP contribution in [0.2, 0.25) is 0 Å². The molecule has 0 bridgehead atoms. The molecular weight excluding hydrogens is 370 g/mol. The maximum Gasteiger partial charge on any atom is 0.319 e. The summed E-state index contributed by atoms with van der Waals surface area (Å²) < 4.78 is 5.17. The molecule has 0 aromatic heterocycles. The van der Waals surface area contributed by atoms with Crippen LogP contribution >= 0.6 is 0 Å². The van der Waals surface area contributed by atoms with Gasteiger partial charge in [0.25, 0.3) is 0 Å². The van der Waals surface area contributed by atoms with Crippen LogP contribution in [0.5, 0.6) is 0 Å². The molecule has 0 aliphatic carbocycles. The van der Waals surface area contributed by atoms with Gasteiger partial charge in [-0.15, -0.1) is 0 Å². The van der Waals surface area contributed by atoms with E-state index in [0.717, 1.165) is 36.6 Å². The van der Waals surface area contributed by atoms with Gasteiger partial charge < -0.3 is 25.6 Å². The number of carbonyl (C=O) groups excluding carboxylic acids is 2. The van der Waals surface area contributed by atoms with E-state index in [4.69, 9.17) is 4.74 Å². The van der Waals surface area contributed by atoms with Gasteiger partial charge in [-0.1, -0.05) is 12.1 Å². The maximum absolute atomic E-state index is 12.1. The van der Waals surface area contributed by atoms with Crippen LogP contribution in [-0.2, 0) is 16.1 Å². The summed E-state index contributed by atoms with van der Waals surface area (Å²) in [5, 5.41) is 8.96. The van der Waals surface area contributed by atoms with Crippen LogP contribution in [0.3, 0.4) is 0 Å². The standard InChI is InChI=1S/C21H33N5O3/c1-5-29-19(27)17-7-6-12-26(14-17)20(22-4)23-13-16-8-10-18(11-9-16)25-21(28)24-15(2)3/h8-11,15,17H,5-7,12-14H2,1-4H3,(H,22,23)(H2,24,25,28). The van der Waals surface area contributed by atoms with Crippen LogP contribution in [0.25, 0.3) is 0 Å². The summed E-state index contributed by atoms with van der Waals surface area (Å²) in [6.45, 7) is 8.15. The fourth-order valence-electron chi connectivity index (χ4n) is 3.27. The van der Waals surface area contributed by atoms with Crippen molar-refractivity contribution >= 4 is 23.6 Å². The molecule has 1 heterocycles. The normalized spacial score (nSPS) is 17.1. The second kappa shape index (κ2) is 11.3. The Morgan fingerprint density at radius 1 is 1.28 bits per heavy atom. The lowest BCUT2D eigenvalue weighted by Gasteiger charge is -2.34. The molecule has 0 spiro atoms. The van der Waals surface area contributed by atoms with Crippen LogP contribution in [0.15, 0.2) is 29.3 Å². The van der Waals surface area contributed by atoms with Crippen LogP contribution < -0.4 is 16.0 Å². The molecule has 0 saturated carbocycles. The molecule has 1 atom stereocenters. The third kappa shape index (κ3) is 7.29. The summed E-state index contributed by atoms with van der Waals surface area (Å²) in [6.07, 6.45) is 1.79. The fraction of sp³-hybridized carbons (Fsp3) is 0.571. The average Bonchev–Trinajstić information content (AvgIpc) is 2.69. The van der Waals surface area contributed by atoms with Gasteiger partial charge in [-0.3, -0.25) is 9.79 Å². The molecule has 1 fully saturated rings. The van der Waals surface area contributed by atoms with E-state index in [1.54, 1.807) is 7.05 Å². The van der Waals surface area contributed by atoms with Gasteiger partial charge in [-0.25, -0.2) is 4.79 Å². The van der Waals surface area contributed by atoms with Gasteiger partial charge >= 0.3 is 12.0 Å². The molecule has 8 nitrogen and oxygen atoms in total. The summed E-state index contributed by atoms with van der Waals surface area (Å²) in [5.74, 6) is 0.541. The van der Waals surface area contributed by atoms with Gasteiger partial charge in [-0.05, 0) is 51.3 Å². The molecule has 1 aromatic rings. The van der Waals surface area contributed by atoms with Crippen LogP contribution in [0, 0.1) is 5.92 Å². The maximum atomic E-state index is 12.1. The predicted molar refractivity (Wildman–Crippen MR) is 115 cm³/mol. The Morgan fingerprint density at radius 3 is 2.62 bits per heavy atom. The number of nitrogens with one attached hydrogen (secondary N) is 3. The van der Waals surface area contributed by atoms with Crippen molar-refractivity contribution in [2.24, 2.45) is 10.9 Å². The Morgan fingerprint density at radius 2 is 2.00 bits per heavy atom. The van der Waals surface area contributed by atoms with Gasteiger partial charge in [0, 0.05) is 38.4 Å². The van der Waals surface area contributed by atoms with Crippen molar-refractivity contribution in [2.45, 2.75) is 46.2 Å². The molecule has 1 aliphatic heterocycles. The largest absolute Gasteiger partial charge is 0.466 e. The predicted octanol–water partition coefficient (Wildman–Crippen LogP) is 2.57. The third-order valence-electron chi connectivity index (χ3n) is 4.63. The second-order valence-corrected chi connectivity index (χ2v) is 7.39. The van der Waals surface area contributed by atoms with E-state index in [1.165, 1.54) is 0 Å². The SMILES string of the molecule is CCOC(=O)C1CCCN(C(=NC)NCc2ccc(NC(=O)NC(C)C)cc2)C1. The molecule has 8 heteroatoms. The van der Waals surface area contributed by atoms with Gasteiger partial charge in [0.05, 0.1) is 12.5 Å². The first-order valence-electron chi connectivity index (χ1n) is 10.2. The average molecular weight is 404 g/mol. The Hall–Kier alpha value is -2.77. The minimum atomic E-state index is -0.215. The number of nitrogens with zero attached hydrogens (tertiary/aromatic N) is 2. The lowest BCUT2D eigenvalue weighted by Crippen LogP contribution is -2.48. The summed E-state index contributed by atoms with van der Waals surface area (Å²) in [4.78, 5) is 30.3. The zero-order valence-corrected chi connectivity index (χ0v) is 17.8. The minimum absolute atomic E-state index is 0.0865. The molecule has 1 saturated heterocycles. The van der Waals surface area contributed by atoms with Crippen molar-refractivity contribution in [1.82, 2.24) is 15.5 Å². The van der Waals surface area contributed by atoms with Crippen molar-refractivity contribution in [3.05, 3.63) is 29.8 Å². The van der Waals surface area contributed by atoms with Gasteiger partial charge in [0.2, 0.25) is 0 Å². The second-order valence-electron chi connectivity index (χ2n) is 7.39. The van der Waals surface area contributed by atoms with Crippen LogP contribution in [-0.4, -0.2) is 55.6 Å². The third-order valence-corrected chi connectivity index (χ3v) is 4.63. The number of hydrogen-bond donors (Lipinski definition) is 3. The highest BCUT2D eigenvalue weighted by Crippen LogP contribution is 2.18. The number of rotatable bonds is 6. The van der Waals surface area contributed by atoms with Crippen molar-refractivity contribution < 1.29 is 14.3 Å². The number of carbonyl (C=O) groups is 2. The lowest BCUT2D eigenvalue weighted by molar-refractivity contribution is -0.149. The van der Waals surface area contributed by atoms with E-state index in [2.05, 4.69) is 25.8 Å². The number of guanidine groups is 1. The van der Waals surface area contributed by atoms with E-state index in [0.29, 0.717) is 19.7 Å². The number of likely N-dealkylation sites (tertiary alicyclic amines) is 1. The highest BCUT2D eigenvalue weighted by molar-refractivity contribution is 5.89. The highest BCUT2D eigenvalue weighted by atomic mass is 16.5. The zero-order chi connectivity index (χ0) is 21.2. The zero-order valence-electron chi connectivity index (χ0n) is 17.8. The molecule has 1 unspecified atom stereocenters. The number of amides is 2. The smallest absolute Gasteiger partial charge is 0.319 e. The molecular formula is C21H33N5O3. The molecule has 29 heavy (non-hydrogen) atoms. The molecule has 3 N–H and O–H groups in total. The minimum Gasteiger partial charge on any atom is -0.466 e. The molecule has 2 amide bonds. The van der Waals surface area contributed by atoms with Gasteiger partial charge in [0.1, 0.15) is 0 Å². The van der Waals surface area contributed by atoms with Crippen molar-refractivity contribution in [1.29, 1.82) is 0 Å². The Bertz CT molecular complexity index is 703. The number of aliphatic imine (C=N–C) groups is 1. The van der Waals surface area contributed by atoms with E-state index < -0.39 is 0 Å². The topological polar surface area (TPSA) is 95.1 Å². The summed E-state index contributed by atoms with van der Waals surface area (Å²) in [7, 11) is 1.75. The quantitative estimate of drug-likeness (QED) is 0.385. The van der Waals surface area contributed by atoms with Crippen molar-refractivity contribution in [3.63, 3.8) is 0 Å². The van der Waals surface area contributed by atoms with Gasteiger partial charge in [-0.2, -0.15) is 0 Å². The molecule has 2 rings (SSSR count). The van der Waals surface area contributed by atoms with Crippen LogP contribution in [0.1, 0.15) is 39.2 Å². The van der Waals surface area contributed by atoms with E-state index >= 15 is 0 Å². The monoisotopic (exact) mass is 403 g/mol. The number of piperidine rings is 1. The van der Waals surface area contributed by atoms with Crippen molar-refractivity contribution in [2.75, 3.05) is 32.1 Å². The Kier molecular flexibility index (Phi) is 8.76. The summed E-state index contributed by atoms with van der Waals surface area (Å²) in [5.41, 5.74) is 1.81. The van der Waals surface area contributed by atoms with E-state index in [1.807, 2.05) is 45.0 Å².